The highest BCUT2D eigenvalue weighted by molar-refractivity contribution is 5.69. The predicted molar refractivity (Wildman–Crippen MR) is 43.4 cm³/mol. The molecule has 0 bridgehead atoms. The molecule has 0 radical (unpaired) electrons. The zero-order chi connectivity index (χ0) is 9.40. The summed E-state index contributed by atoms with van der Waals surface area (Å²) in [7, 11) is 0. The van der Waals surface area contributed by atoms with Crippen molar-refractivity contribution in [2.75, 3.05) is 13.2 Å². The normalized spacial score (nSPS) is 12.6. The summed E-state index contributed by atoms with van der Waals surface area (Å²) in [4.78, 5) is 19.7. The molecule has 4 heteroatoms. The third-order valence-corrected chi connectivity index (χ3v) is 1.18. The Morgan fingerprint density at radius 3 is 2.50 bits per heavy atom. The highest BCUT2D eigenvalue weighted by atomic mass is 17.2. The van der Waals surface area contributed by atoms with Gasteiger partial charge >= 0.3 is 5.97 Å². The Kier molecular flexibility index (Phi) is 6.70. The van der Waals surface area contributed by atoms with Crippen LogP contribution in [0.2, 0.25) is 0 Å². The number of hydrogen-bond acceptors (Lipinski definition) is 4. The van der Waals surface area contributed by atoms with Gasteiger partial charge in [-0.05, 0) is 20.8 Å². The average Bonchev–Trinajstić information content (AvgIpc) is 2.01. The molecule has 72 valence electrons. The highest BCUT2D eigenvalue weighted by Gasteiger charge is 2.10. The van der Waals surface area contributed by atoms with E-state index in [2.05, 4.69) is 9.78 Å². The van der Waals surface area contributed by atoms with Gasteiger partial charge in [-0.2, -0.15) is 4.89 Å². The van der Waals surface area contributed by atoms with E-state index in [1.807, 2.05) is 13.8 Å². The van der Waals surface area contributed by atoms with Crippen molar-refractivity contribution in [1.29, 1.82) is 0 Å². The quantitative estimate of drug-likeness (QED) is 0.452. The zero-order valence-electron chi connectivity index (χ0n) is 7.83. The van der Waals surface area contributed by atoms with Crippen LogP contribution in [0.5, 0.6) is 0 Å². The summed E-state index contributed by atoms with van der Waals surface area (Å²) in [6.45, 7) is 6.41. The summed E-state index contributed by atoms with van der Waals surface area (Å²) >= 11 is 0. The summed E-state index contributed by atoms with van der Waals surface area (Å²) in [6, 6.07) is 0. The van der Waals surface area contributed by atoms with E-state index >= 15 is 0 Å². The lowest BCUT2D eigenvalue weighted by atomic mass is 10.3. The molecule has 0 heterocycles. The summed E-state index contributed by atoms with van der Waals surface area (Å²) in [6.07, 6.45) is 0.122. The molecule has 1 unspecified atom stereocenters. The van der Waals surface area contributed by atoms with Gasteiger partial charge in [0.05, 0.1) is 19.1 Å². The molecule has 0 N–H and O–H groups in total. The number of carbonyl (C=O) groups is 1. The SMILES string of the molecule is CCOOC(=O)CC(C)OCC. The van der Waals surface area contributed by atoms with Crippen LogP contribution < -0.4 is 0 Å². The Hall–Kier alpha value is -0.610. The number of rotatable bonds is 6. The first kappa shape index (κ1) is 11.4. The van der Waals surface area contributed by atoms with Crippen molar-refractivity contribution in [2.24, 2.45) is 0 Å². The fourth-order valence-corrected chi connectivity index (χ4v) is 0.737. The van der Waals surface area contributed by atoms with Gasteiger partial charge in [0.25, 0.3) is 0 Å². The molecular formula is C8H16O4. The van der Waals surface area contributed by atoms with Crippen molar-refractivity contribution in [3.8, 4) is 0 Å². The van der Waals surface area contributed by atoms with E-state index < -0.39 is 5.97 Å². The van der Waals surface area contributed by atoms with Crippen LogP contribution in [0, 0.1) is 0 Å². The van der Waals surface area contributed by atoms with Crippen LogP contribution in [0.3, 0.4) is 0 Å². The Morgan fingerprint density at radius 2 is 2.00 bits per heavy atom. The Labute approximate surface area is 72.7 Å². The van der Waals surface area contributed by atoms with Crippen LogP contribution in [0.25, 0.3) is 0 Å². The number of ether oxygens (including phenoxy) is 1. The third kappa shape index (κ3) is 6.12. The first-order chi connectivity index (χ1) is 5.70. The highest BCUT2D eigenvalue weighted by Crippen LogP contribution is 1.99. The van der Waals surface area contributed by atoms with Crippen LogP contribution in [0.1, 0.15) is 27.2 Å². The van der Waals surface area contributed by atoms with Gasteiger partial charge in [0, 0.05) is 6.61 Å². The van der Waals surface area contributed by atoms with E-state index in [0.717, 1.165) is 0 Å². The lowest BCUT2D eigenvalue weighted by Crippen LogP contribution is -2.16. The number of carbonyl (C=O) groups excluding carboxylic acids is 1. The maximum Gasteiger partial charge on any atom is 0.344 e. The van der Waals surface area contributed by atoms with Crippen LogP contribution in [-0.4, -0.2) is 25.3 Å². The minimum absolute atomic E-state index is 0.108. The molecule has 0 rings (SSSR count). The lowest BCUT2D eigenvalue weighted by molar-refractivity contribution is -0.271. The van der Waals surface area contributed by atoms with Gasteiger partial charge in [-0.3, -0.25) is 4.89 Å². The van der Waals surface area contributed by atoms with Crippen molar-refractivity contribution in [3.63, 3.8) is 0 Å². The molecular weight excluding hydrogens is 160 g/mol. The van der Waals surface area contributed by atoms with Crippen molar-refractivity contribution in [2.45, 2.75) is 33.3 Å². The number of hydrogen-bond donors (Lipinski definition) is 0. The van der Waals surface area contributed by atoms with Crippen LogP contribution >= 0.6 is 0 Å². The summed E-state index contributed by atoms with van der Waals surface area (Å²) in [5.41, 5.74) is 0. The van der Waals surface area contributed by atoms with Gasteiger partial charge in [0.1, 0.15) is 0 Å². The first-order valence-electron chi connectivity index (χ1n) is 4.14. The van der Waals surface area contributed by atoms with Crippen molar-refractivity contribution >= 4 is 5.97 Å². The standard InChI is InChI=1S/C8H16O4/c1-4-10-7(3)6-8(9)12-11-5-2/h7H,4-6H2,1-3H3. The second-order valence-corrected chi connectivity index (χ2v) is 2.33. The van der Waals surface area contributed by atoms with Gasteiger partial charge in [-0.25, -0.2) is 4.79 Å². The Bertz CT molecular complexity index is 124. The van der Waals surface area contributed by atoms with E-state index in [-0.39, 0.29) is 12.5 Å². The second kappa shape index (κ2) is 7.06. The van der Waals surface area contributed by atoms with E-state index in [0.29, 0.717) is 13.2 Å². The Balaban J connectivity index is 3.40. The second-order valence-electron chi connectivity index (χ2n) is 2.33. The molecule has 0 amide bonds. The zero-order valence-corrected chi connectivity index (χ0v) is 7.83. The maximum atomic E-state index is 10.9. The monoisotopic (exact) mass is 176 g/mol. The fraction of sp³-hybridized carbons (Fsp3) is 0.875. The van der Waals surface area contributed by atoms with Crippen molar-refractivity contribution in [1.82, 2.24) is 0 Å². The molecule has 0 saturated carbocycles. The fourth-order valence-electron chi connectivity index (χ4n) is 0.737. The molecule has 4 nitrogen and oxygen atoms in total. The maximum absolute atomic E-state index is 10.9. The van der Waals surface area contributed by atoms with E-state index in [9.17, 15) is 4.79 Å². The largest absolute Gasteiger partial charge is 0.378 e. The smallest absolute Gasteiger partial charge is 0.344 e. The average molecular weight is 176 g/mol. The topological polar surface area (TPSA) is 44.8 Å². The van der Waals surface area contributed by atoms with Crippen molar-refractivity contribution < 1.29 is 19.3 Å². The minimum atomic E-state index is -0.391. The molecule has 0 fully saturated rings. The molecule has 0 aliphatic carbocycles. The molecule has 0 aliphatic heterocycles. The van der Waals surface area contributed by atoms with Gasteiger partial charge < -0.3 is 4.74 Å². The van der Waals surface area contributed by atoms with Crippen molar-refractivity contribution in [3.05, 3.63) is 0 Å². The van der Waals surface area contributed by atoms with Crippen LogP contribution in [0.4, 0.5) is 0 Å². The molecule has 0 saturated heterocycles. The molecule has 12 heavy (non-hydrogen) atoms. The lowest BCUT2D eigenvalue weighted by Gasteiger charge is -2.09. The van der Waals surface area contributed by atoms with Crippen LogP contribution in [0.15, 0.2) is 0 Å². The molecule has 0 aromatic rings. The van der Waals surface area contributed by atoms with Gasteiger partial charge in [-0.1, -0.05) is 0 Å². The van der Waals surface area contributed by atoms with Gasteiger partial charge in [0.2, 0.25) is 0 Å². The molecule has 0 aromatic carbocycles. The van der Waals surface area contributed by atoms with Gasteiger partial charge in [0.15, 0.2) is 0 Å². The third-order valence-electron chi connectivity index (χ3n) is 1.18. The Morgan fingerprint density at radius 1 is 1.33 bits per heavy atom. The van der Waals surface area contributed by atoms with Crippen LogP contribution in [-0.2, 0) is 19.3 Å². The molecule has 0 spiro atoms. The summed E-state index contributed by atoms with van der Waals surface area (Å²) in [5.74, 6) is -0.391. The summed E-state index contributed by atoms with van der Waals surface area (Å²) < 4.78 is 5.14. The molecule has 0 aliphatic rings. The first-order valence-corrected chi connectivity index (χ1v) is 4.14. The predicted octanol–water partition coefficient (Wildman–Crippen LogP) is 1.30. The van der Waals surface area contributed by atoms with E-state index in [4.69, 9.17) is 4.74 Å². The van der Waals surface area contributed by atoms with Gasteiger partial charge in [-0.15, -0.1) is 0 Å². The molecule has 0 aromatic heterocycles. The molecule has 1 atom stereocenters. The minimum Gasteiger partial charge on any atom is -0.378 e. The van der Waals surface area contributed by atoms with E-state index in [1.54, 1.807) is 6.92 Å². The van der Waals surface area contributed by atoms with E-state index in [1.165, 1.54) is 0 Å². The summed E-state index contributed by atoms with van der Waals surface area (Å²) in [5, 5.41) is 0.